The molecule has 2 aromatic carbocycles. The van der Waals surface area contributed by atoms with Crippen LogP contribution in [-0.4, -0.2) is 5.78 Å². The quantitative estimate of drug-likeness (QED) is 0.503. The van der Waals surface area contributed by atoms with Crippen LogP contribution in [0.1, 0.15) is 15.9 Å². The van der Waals surface area contributed by atoms with Gasteiger partial charge < -0.3 is 5.73 Å². The summed E-state index contributed by atoms with van der Waals surface area (Å²) in [7, 11) is 0. The van der Waals surface area contributed by atoms with Gasteiger partial charge >= 0.3 is 0 Å². The van der Waals surface area contributed by atoms with Crippen LogP contribution >= 0.6 is 27.5 Å². The molecule has 0 heterocycles. The normalized spacial score (nSPS) is 10.5. The Balaban J connectivity index is 2.56. The Hall–Kier alpha value is -1.46. The van der Waals surface area contributed by atoms with Crippen molar-refractivity contribution in [1.29, 1.82) is 0 Å². The van der Waals surface area contributed by atoms with Crippen molar-refractivity contribution in [1.82, 2.24) is 0 Å². The van der Waals surface area contributed by atoms with Gasteiger partial charge in [-0.25, -0.2) is 8.78 Å². The Bertz CT molecular complexity index is 676. The van der Waals surface area contributed by atoms with E-state index in [1.54, 1.807) is 12.1 Å². The monoisotopic (exact) mass is 345 g/mol. The third kappa shape index (κ3) is 2.62. The average Bonchev–Trinajstić information content (AvgIpc) is 2.36. The van der Waals surface area contributed by atoms with E-state index >= 15 is 0 Å². The standard InChI is InChI=1S/C13H7BrClF2NO/c14-12-6(2-1-3-11(12)18)13(19)7-4-9(16)10(17)5-8(7)15/h1-5H,18H2. The highest BCUT2D eigenvalue weighted by atomic mass is 79.9. The Kier molecular flexibility index (Phi) is 3.87. The number of carbonyl (C=O) groups is 1. The van der Waals surface area contributed by atoms with Gasteiger partial charge in [0.1, 0.15) is 0 Å². The summed E-state index contributed by atoms with van der Waals surface area (Å²) in [6.45, 7) is 0. The molecule has 2 N–H and O–H groups in total. The van der Waals surface area contributed by atoms with Gasteiger partial charge in [0.15, 0.2) is 17.4 Å². The molecule has 0 spiro atoms. The van der Waals surface area contributed by atoms with Crippen LogP contribution in [0.4, 0.5) is 14.5 Å². The molecule has 0 saturated heterocycles. The summed E-state index contributed by atoms with van der Waals surface area (Å²) in [6.07, 6.45) is 0. The smallest absolute Gasteiger partial charge is 0.195 e. The predicted molar refractivity (Wildman–Crippen MR) is 73.4 cm³/mol. The largest absolute Gasteiger partial charge is 0.398 e. The summed E-state index contributed by atoms with van der Waals surface area (Å²) in [4.78, 5) is 12.2. The van der Waals surface area contributed by atoms with Gasteiger partial charge in [-0.2, -0.15) is 0 Å². The fourth-order valence-electron chi connectivity index (χ4n) is 1.57. The van der Waals surface area contributed by atoms with Crippen molar-refractivity contribution < 1.29 is 13.6 Å². The summed E-state index contributed by atoms with van der Waals surface area (Å²) in [5.74, 6) is -2.77. The molecule has 2 aromatic rings. The number of anilines is 1. The van der Waals surface area contributed by atoms with Crippen molar-refractivity contribution in [3.8, 4) is 0 Å². The number of rotatable bonds is 2. The Morgan fingerprint density at radius 1 is 1.16 bits per heavy atom. The molecule has 98 valence electrons. The van der Waals surface area contributed by atoms with Gasteiger partial charge in [-0.1, -0.05) is 17.7 Å². The molecule has 0 aliphatic heterocycles. The van der Waals surface area contributed by atoms with E-state index in [-0.39, 0.29) is 16.1 Å². The number of ketones is 1. The van der Waals surface area contributed by atoms with Crippen molar-refractivity contribution in [2.24, 2.45) is 0 Å². The van der Waals surface area contributed by atoms with E-state index in [1.807, 2.05) is 0 Å². The van der Waals surface area contributed by atoms with E-state index < -0.39 is 17.4 Å². The Morgan fingerprint density at radius 3 is 2.47 bits per heavy atom. The lowest BCUT2D eigenvalue weighted by molar-refractivity contribution is 0.103. The molecule has 0 fully saturated rings. The molecule has 0 amide bonds. The molecule has 0 atom stereocenters. The summed E-state index contributed by atoms with van der Waals surface area (Å²) >= 11 is 8.94. The van der Waals surface area contributed by atoms with Gasteiger partial charge in [0, 0.05) is 16.8 Å². The molecule has 0 aromatic heterocycles. The third-order valence-corrected chi connectivity index (χ3v) is 3.73. The molecule has 2 rings (SSSR count). The fourth-order valence-corrected chi connectivity index (χ4v) is 2.25. The Labute approximate surface area is 121 Å². The number of benzene rings is 2. The van der Waals surface area contributed by atoms with Crippen LogP contribution in [-0.2, 0) is 0 Å². The van der Waals surface area contributed by atoms with Crippen molar-refractivity contribution >= 4 is 39.0 Å². The maximum atomic E-state index is 13.2. The maximum Gasteiger partial charge on any atom is 0.195 e. The number of hydrogen-bond donors (Lipinski definition) is 1. The summed E-state index contributed by atoms with van der Waals surface area (Å²) in [5, 5.41) is -0.154. The molecular weight excluding hydrogens is 340 g/mol. The summed E-state index contributed by atoms with van der Waals surface area (Å²) < 4.78 is 26.6. The van der Waals surface area contributed by atoms with Crippen LogP contribution in [0.25, 0.3) is 0 Å². The molecule has 0 aliphatic rings. The van der Waals surface area contributed by atoms with Crippen LogP contribution in [0.5, 0.6) is 0 Å². The Morgan fingerprint density at radius 2 is 1.79 bits per heavy atom. The lowest BCUT2D eigenvalue weighted by Gasteiger charge is -2.08. The van der Waals surface area contributed by atoms with Crippen molar-refractivity contribution in [3.05, 3.63) is 62.6 Å². The van der Waals surface area contributed by atoms with Gasteiger partial charge in [0.2, 0.25) is 0 Å². The topological polar surface area (TPSA) is 43.1 Å². The lowest BCUT2D eigenvalue weighted by Crippen LogP contribution is -2.06. The minimum atomic E-state index is -1.13. The van der Waals surface area contributed by atoms with Crippen LogP contribution in [0.3, 0.4) is 0 Å². The second-order valence-corrected chi connectivity index (χ2v) is 4.98. The highest BCUT2D eigenvalue weighted by molar-refractivity contribution is 9.10. The molecular formula is C13H7BrClF2NO. The van der Waals surface area contributed by atoms with Gasteiger partial charge in [0.05, 0.1) is 9.50 Å². The highest BCUT2D eigenvalue weighted by Crippen LogP contribution is 2.29. The van der Waals surface area contributed by atoms with E-state index in [1.165, 1.54) is 6.07 Å². The molecule has 0 radical (unpaired) electrons. The number of hydrogen-bond acceptors (Lipinski definition) is 2. The molecule has 0 bridgehead atoms. The highest BCUT2D eigenvalue weighted by Gasteiger charge is 2.19. The number of nitrogen functional groups attached to an aromatic ring is 1. The van der Waals surface area contributed by atoms with E-state index in [2.05, 4.69) is 15.9 Å². The van der Waals surface area contributed by atoms with E-state index in [4.69, 9.17) is 17.3 Å². The average molecular weight is 347 g/mol. The summed E-state index contributed by atoms with van der Waals surface area (Å²) in [5.41, 5.74) is 6.14. The van der Waals surface area contributed by atoms with Gasteiger partial charge in [-0.3, -0.25) is 4.79 Å². The number of carbonyl (C=O) groups excluding carboxylic acids is 1. The molecule has 0 saturated carbocycles. The van der Waals surface area contributed by atoms with Crippen LogP contribution in [0, 0.1) is 11.6 Å². The first-order valence-electron chi connectivity index (χ1n) is 5.15. The third-order valence-electron chi connectivity index (χ3n) is 2.53. The van der Waals surface area contributed by atoms with Gasteiger partial charge in [-0.15, -0.1) is 0 Å². The van der Waals surface area contributed by atoms with Gasteiger partial charge in [0.25, 0.3) is 0 Å². The van der Waals surface area contributed by atoms with E-state index in [0.717, 1.165) is 12.1 Å². The van der Waals surface area contributed by atoms with Crippen molar-refractivity contribution in [2.45, 2.75) is 0 Å². The van der Waals surface area contributed by atoms with Gasteiger partial charge in [-0.05, 0) is 40.2 Å². The van der Waals surface area contributed by atoms with Crippen LogP contribution < -0.4 is 5.73 Å². The van der Waals surface area contributed by atoms with Crippen molar-refractivity contribution in [2.75, 3.05) is 5.73 Å². The first kappa shape index (κ1) is 14.0. The molecule has 0 unspecified atom stereocenters. The first-order valence-corrected chi connectivity index (χ1v) is 6.32. The second-order valence-electron chi connectivity index (χ2n) is 3.78. The summed E-state index contributed by atoms with van der Waals surface area (Å²) in [6, 6.07) is 6.25. The zero-order valence-electron chi connectivity index (χ0n) is 9.38. The second kappa shape index (κ2) is 5.27. The van der Waals surface area contributed by atoms with Crippen LogP contribution in [0.15, 0.2) is 34.8 Å². The molecule has 19 heavy (non-hydrogen) atoms. The first-order chi connectivity index (χ1) is 8.91. The fraction of sp³-hybridized carbons (Fsp3) is 0. The SMILES string of the molecule is Nc1cccc(C(=O)c2cc(F)c(F)cc2Cl)c1Br. The molecule has 2 nitrogen and oxygen atoms in total. The lowest BCUT2D eigenvalue weighted by atomic mass is 10.0. The number of halogens is 4. The minimum Gasteiger partial charge on any atom is -0.398 e. The number of nitrogens with two attached hydrogens (primary N) is 1. The molecule has 6 heteroatoms. The van der Waals surface area contributed by atoms with E-state index in [9.17, 15) is 13.6 Å². The van der Waals surface area contributed by atoms with E-state index in [0.29, 0.717) is 10.2 Å². The zero-order valence-corrected chi connectivity index (χ0v) is 11.7. The zero-order chi connectivity index (χ0) is 14.2. The van der Waals surface area contributed by atoms with Crippen LogP contribution in [0.2, 0.25) is 5.02 Å². The minimum absolute atomic E-state index is 0.119. The maximum absolute atomic E-state index is 13.2. The predicted octanol–water partition coefficient (Wildman–Crippen LogP) is 4.19. The molecule has 0 aliphatic carbocycles. The van der Waals surface area contributed by atoms with Crippen molar-refractivity contribution in [3.63, 3.8) is 0 Å².